The summed E-state index contributed by atoms with van der Waals surface area (Å²) in [4.78, 5) is 13.7. The number of methoxy groups -OCH3 is 3. The smallest absolute Gasteiger partial charge is 0.203 e. The van der Waals surface area contributed by atoms with Crippen LogP contribution in [0.15, 0.2) is 79.1 Å². The van der Waals surface area contributed by atoms with Crippen LogP contribution in [-0.2, 0) is 0 Å². The van der Waals surface area contributed by atoms with Crippen LogP contribution in [0.4, 0.5) is 0 Å². The minimum atomic E-state index is -0.131. The molecule has 4 rings (SSSR count). The molecule has 0 aliphatic rings. The maximum Gasteiger partial charge on any atom is 0.203 e. The number of ketones is 1. The number of aryl methyl sites for hydroxylation is 1. The molecule has 1 aromatic heterocycles. The van der Waals surface area contributed by atoms with Gasteiger partial charge in [-0.3, -0.25) is 4.79 Å². The first kappa shape index (κ1) is 21.2. The highest BCUT2D eigenvalue weighted by molar-refractivity contribution is 6.13. The van der Waals surface area contributed by atoms with Crippen molar-refractivity contribution < 1.29 is 19.0 Å². The van der Waals surface area contributed by atoms with Gasteiger partial charge in [0.25, 0.3) is 0 Å². The number of ether oxygens (including phenoxy) is 3. The zero-order chi connectivity index (χ0) is 22.7. The quantitative estimate of drug-likeness (QED) is 0.355. The van der Waals surface area contributed by atoms with Crippen LogP contribution < -0.4 is 14.2 Å². The van der Waals surface area contributed by atoms with Crippen LogP contribution in [0.1, 0.15) is 21.5 Å². The zero-order valence-corrected chi connectivity index (χ0v) is 18.6. The summed E-state index contributed by atoms with van der Waals surface area (Å²) in [6.45, 7) is 2.05. The molecule has 32 heavy (non-hydrogen) atoms. The van der Waals surface area contributed by atoms with Crippen molar-refractivity contribution in [3.63, 3.8) is 0 Å². The minimum Gasteiger partial charge on any atom is -0.493 e. The van der Waals surface area contributed by atoms with Crippen LogP contribution >= 0.6 is 0 Å². The molecule has 1 heterocycles. The number of aromatic nitrogens is 1. The Morgan fingerprint density at radius 3 is 1.97 bits per heavy atom. The number of benzene rings is 3. The van der Waals surface area contributed by atoms with E-state index in [0.717, 1.165) is 16.8 Å². The van der Waals surface area contributed by atoms with Gasteiger partial charge in [0.1, 0.15) is 0 Å². The third-order valence-electron chi connectivity index (χ3n) is 5.41. The Bertz CT molecular complexity index is 1220. The van der Waals surface area contributed by atoms with Crippen molar-refractivity contribution in [2.75, 3.05) is 21.3 Å². The number of rotatable bonds is 7. The second-order valence-electron chi connectivity index (χ2n) is 7.44. The van der Waals surface area contributed by atoms with Crippen LogP contribution in [0.2, 0.25) is 0 Å². The van der Waals surface area contributed by atoms with Crippen LogP contribution in [0.25, 0.3) is 16.8 Å². The summed E-state index contributed by atoms with van der Waals surface area (Å²) in [6, 6.07) is 21.4. The molecule has 0 saturated carbocycles. The van der Waals surface area contributed by atoms with Gasteiger partial charge in [0, 0.05) is 34.8 Å². The van der Waals surface area contributed by atoms with Crippen molar-refractivity contribution in [2.24, 2.45) is 0 Å². The van der Waals surface area contributed by atoms with Crippen molar-refractivity contribution in [1.82, 2.24) is 4.57 Å². The average Bonchev–Trinajstić information content (AvgIpc) is 3.29. The van der Waals surface area contributed by atoms with E-state index in [-0.39, 0.29) is 5.78 Å². The third kappa shape index (κ3) is 3.97. The van der Waals surface area contributed by atoms with E-state index in [1.165, 1.54) is 26.9 Å². The molecule has 0 unspecified atom stereocenters. The van der Waals surface area contributed by atoms with E-state index in [1.807, 2.05) is 66.3 Å². The molecular weight excluding hydrogens is 402 g/mol. The lowest BCUT2D eigenvalue weighted by Gasteiger charge is -2.14. The minimum absolute atomic E-state index is 0.131. The summed E-state index contributed by atoms with van der Waals surface area (Å²) < 4.78 is 18.3. The summed E-state index contributed by atoms with van der Waals surface area (Å²) in [5, 5.41) is 0. The fraction of sp³-hybridized carbons (Fsp3) is 0.148. The van der Waals surface area contributed by atoms with E-state index in [1.54, 1.807) is 12.1 Å². The highest BCUT2D eigenvalue weighted by atomic mass is 16.5. The summed E-state index contributed by atoms with van der Waals surface area (Å²) in [5.41, 5.74) is 5.03. The lowest BCUT2D eigenvalue weighted by Crippen LogP contribution is -2.04. The standard InChI is InChI=1S/C27H25NO4/c1-18-10-12-21(13-11-18)28-16-22(19-8-6-5-7-9-19)23(17-28)26(29)20-14-24(30-2)27(32-4)25(15-20)31-3/h5-17H,1-4H3. The number of nitrogens with zero attached hydrogens (tertiary/aromatic N) is 1. The number of carbonyl (C=O) groups is 1. The van der Waals surface area contributed by atoms with Crippen LogP contribution in [0, 0.1) is 6.92 Å². The fourth-order valence-corrected chi connectivity index (χ4v) is 3.72. The van der Waals surface area contributed by atoms with E-state index < -0.39 is 0 Å². The van der Waals surface area contributed by atoms with Crippen LogP contribution in [0.3, 0.4) is 0 Å². The Labute approximate surface area is 187 Å². The van der Waals surface area contributed by atoms with Crippen LogP contribution in [-0.4, -0.2) is 31.7 Å². The molecule has 162 valence electrons. The molecular formula is C27H25NO4. The van der Waals surface area contributed by atoms with E-state index in [9.17, 15) is 4.79 Å². The Hall–Kier alpha value is -3.99. The molecule has 4 aromatic rings. The predicted molar refractivity (Wildman–Crippen MR) is 125 cm³/mol. The number of hydrogen-bond donors (Lipinski definition) is 0. The van der Waals surface area contributed by atoms with Gasteiger partial charge in [-0.05, 0) is 36.8 Å². The first-order valence-electron chi connectivity index (χ1n) is 10.2. The van der Waals surface area contributed by atoms with Gasteiger partial charge in [0.05, 0.1) is 21.3 Å². The van der Waals surface area contributed by atoms with Gasteiger partial charge in [0.15, 0.2) is 17.3 Å². The topological polar surface area (TPSA) is 49.7 Å². The second-order valence-corrected chi connectivity index (χ2v) is 7.44. The van der Waals surface area contributed by atoms with Gasteiger partial charge in [-0.2, -0.15) is 0 Å². The van der Waals surface area contributed by atoms with Crippen molar-refractivity contribution >= 4 is 5.78 Å². The average molecular weight is 428 g/mol. The predicted octanol–water partition coefficient (Wildman–Crippen LogP) is 5.71. The van der Waals surface area contributed by atoms with Gasteiger partial charge in [-0.15, -0.1) is 0 Å². The molecule has 0 aliphatic heterocycles. The largest absolute Gasteiger partial charge is 0.493 e. The van der Waals surface area contributed by atoms with E-state index in [0.29, 0.717) is 28.4 Å². The third-order valence-corrected chi connectivity index (χ3v) is 5.41. The first-order chi connectivity index (χ1) is 15.5. The molecule has 0 spiro atoms. The summed E-state index contributed by atoms with van der Waals surface area (Å²) >= 11 is 0. The molecule has 0 aliphatic carbocycles. The summed E-state index contributed by atoms with van der Waals surface area (Å²) in [7, 11) is 4.61. The molecule has 5 heteroatoms. The van der Waals surface area contributed by atoms with E-state index >= 15 is 0 Å². The monoisotopic (exact) mass is 427 g/mol. The highest BCUT2D eigenvalue weighted by Crippen LogP contribution is 2.39. The van der Waals surface area contributed by atoms with E-state index in [2.05, 4.69) is 12.1 Å². The Balaban J connectivity index is 1.87. The normalized spacial score (nSPS) is 10.6. The highest BCUT2D eigenvalue weighted by Gasteiger charge is 2.22. The molecule has 0 radical (unpaired) electrons. The SMILES string of the molecule is COc1cc(C(=O)c2cn(-c3ccc(C)cc3)cc2-c2ccccc2)cc(OC)c1OC. The molecule has 5 nitrogen and oxygen atoms in total. The van der Waals surface area contributed by atoms with Gasteiger partial charge < -0.3 is 18.8 Å². The molecule has 0 fully saturated rings. The van der Waals surface area contributed by atoms with Crippen LogP contribution in [0.5, 0.6) is 17.2 Å². The Morgan fingerprint density at radius 1 is 0.781 bits per heavy atom. The van der Waals surface area contributed by atoms with Crippen molar-refractivity contribution in [3.05, 3.63) is 95.8 Å². The molecule has 0 amide bonds. The Kier molecular flexibility index (Phi) is 5.99. The van der Waals surface area contributed by atoms with Gasteiger partial charge in [-0.1, -0.05) is 48.0 Å². The zero-order valence-electron chi connectivity index (χ0n) is 18.6. The fourth-order valence-electron chi connectivity index (χ4n) is 3.72. The summed E-state index contributed by atoms with van der Waals surface area (Å²) in [6.07, 6.45) is 3.86. The van der Waals surface area contributed by atoms with Crippen molar-refractivity contribution in [3.8, 4) is 34.1 Å². The lowest BCUT2D eigenvalue weighted by molar-refractivity contribution is 0.103. The molecule has 3 aromatic carbocycles. The molecule has 0 saturated heterocycles. The van der Waals surface area contributed by atoms with Gasteiger partial charge in [-0.25, -0.2) is 0 Å². The van der Waals surface area contributed by atoms with Gasteiger partial charge >= 0.3 is 0 Å². The number of carbonyl (C=O) groups excluding carboxylic acids is 1. The Morgan fingerprint density at radius 2 is 1.41 bits per heavy atom. The van der Waals surface area contributed by atoms with Crippen molar-refractivity contribution in [1.29, 1.82) is 0 Å². The second kappa shape index (κ2) is 9.02. The van der Waals surface area contributed by atoms with E-state index in [4.69, 9.17) is 14.2 Å². The maximum absolute atomic E-state index is 13.7. The maximum atomic E-state index is 13.7. The molecule has 0 bridgehead atoms. The number of hydrogen-bond acceptors (Lipinski definition) is 4. The summed E-state index contributed by atoms with van der Waals surface area (Å²) in [5.74, 6) is 1.20. The molecule has 0 N–H and O–H groups in total. The lowest BCUT2D eigenvalue weighted by atomic mass is 9.97. The van der Waals surface area contributed by atoms with Gasteiger partial charge in [0.2, 0.25) is 5.75 Å². The van der Waals surface area contributed by atoms with Crippen molar-refractivity contribution in [2.45, 2.75) is 6.92 Å². The first-order valence-corrected chi connectivity index (χ1v) is 10.2. The molecule has 0 atom stereocenters.